The second kappa shape index (κ2) is 9.18. The molecule has 0 aliphatic carbocycles. The van der Waals surface area contributed by atoms with Crippen LogP contribution in [0.5, 0.6) is 5.75 Å². The van der Waals surface area contributed by atoms with Gasteiger partial charge in [0.1, 0.15) is 11.3 Å². The lowest BCUT2D eigenvalue weighted by molar-refractivity contribution is -0.119. The van der Waals surface area contributed by atoms with Gasteiger partial charge in [-0.25, -0.2) is 14.3 Å². The molecule has 2 heterocycles. The van der Waals surface area contributed by atoms with Gasteiger partial charge in [0.25, 0.3) is 5.91 Å². The number of oxime groups is 1. The molecule has 33 heavy (non-hydrogen) atoms. The Morgan fingerprint density at radius 1 is 1.03 bits per heavy atom. The van der Waals surface area contributed by atoms with E-state index in [0.29, 0.717) is 17.0 Å². The second-order valence-corrected chi connectivity index (χ2v) is 7.12. The number of hydrogen-bond acceptors (Lipinski definition) is 7. The number of amidine groups is 1. The monoisotopic (exact) mass is 444 g/mol. The average molecular weight is 444 g/mol. The third kappa shape index (κ3) is 4.79. The molecule has 0 spiro atoms. The van der Waals surface area contributed by atoms with Crippen LogP contribution in [0.25, 0.3) is 16.9 Å². The van der Waals surface area contributed by atoms with Gasteiger partial charge in [0, 0.05) is 17.3 Å². The standard InChI is InChI=1S/C23H20N6O4/c1-14-2-4-15(5-3-14)19-10-11-26-22-18(12-27-29(19)22)23(31)33-28-21(25)16-6-8-17(9-7-16)32-13-20(24)30/h2-12H,13H2,1H3,(H2,24,30)(H2,25,28). The summed E-state index contributed by atoms with van der Waals surface area (Å²) in [7, 11) is 0. The first kappa shape index (κ1) is 21.5. The number of carbonyl (C=O) groups excluding carboxylic acids is 2. The summed E-state index contributed by atoms with van der Waals surface area (Å²) < 4.78 is 6.75. The molecule has 0 unspecified atom stereocenters. The minimum Gasteiger partial charge on any atom is -0.484 e. The summed E-state index contributed by atoms with van der Waals surface area (Å²) in [6.07, 6.45) is 2.97. The Kier molecular flexibility index (Phi) is 5.98. The number of primary amides is 1. The number of carbonyl (C=O) groups is 2. The Morgan fingerprint density at radius 3 is 2.45 bits per heavy atom. The number of nitrogens with zero attached hydrogens (tertiary/aromatic N) is 4. The minimum atomic E-state index is -0.747. The first-order valence-corrected chi connectivity index (χ1v) is 9.88. The average Bonchev–Trinajstić information content (AvgIpc) is 3.26. The summed E-state index contributed by atoms with van der Waals surface area (Å²) in [6.45, 7) is 1.77. The molecule has 0 atom stereocenters. The van der Waals surface area contributed by atoms with E-state index in [1.54, 1.807) is 35.0 Å². The van der Waals surface area contributed by atoms with Crippen LogP contribution in [-0.2, 0) is 9.63 Å². The summed E-state index contributed by atoms with van der Waals surface area (Å²) in [5, 5.41) is 8.01. The molecule has 0 fully saturated rings. The van der Waals surface area contributed by atoms with Gasteiger partial charge in [-0.15, -0.1) is 0 Å². The maximum atomic E-state index is 12.6. The summed E-state index contributed by atoms with van der Waals surface area (Å²) in [5.41, 5.74) is 14.8. The summed E-state index contributed by atoms with van der Waals surface area (Å²) >= 11 is 0. The molecule has 4 aromatic rings. The number of ether oxygens (including phenoxy) is 1. The van der Waals surface area contributed by atoms with Crippen LogP contribution >= 0.6 is 0 Å². The van der Waals surface area contributed by atoms with Crippen molar-refractivity contribution in [1.82, 2.24) is 14.6 Å². The highest BCUT2D eigenvalue weighted by Gasteiger charge is 2.18. The molecule has 166 valence electrons. The van der Waals surface area contributed by atoms with Gasteiger partial charge in [-0.2, -0.15) is 5.10 Å². The number of fused-ring (bicyclic) bond motifs is 1. The topological polar surface area (TPSA) is 147 Å². The van der Waals surface area contributed by atoms with E-state index >= 15 is 0 Å². The highest BCUT2D eigenvalue weighted by atomic mass is 16.7. The largest absolute Gasteiger partial charge is 0.484 e. The number of amides is 1. The van der Waals surface area contributed by atoms with Gasteiger partial charge in [-0.1, -0.05) is 35.0 Å². The molecule has 0 aliphatic heterocycles. The highest BCUT2D eigenvalue weighted by Crippen LogP contribution is 2.22. The van der Waals surface area contributed by atoms with Crippen molar-refractivity contribution in [1.29, 1.82) is 0 Å². The van der Waals surface area contributed by atoms with Crippen molar-refractivity contribution in [3.05, 3.63) is 83.7 Å². The van der Waals surface area contributed by atoms with Crippen molar-refractivity contribution in [2.75, 3.05) is 6.61 Å². The van der Waals surface area contributed by atoms with Crippen LogP contribution in [0, 0.1) is 6.92 Å². The van der Waals surface area contributed by atoms with Crippen LogP contribution in [0.1, 0.15) is 21.5 Å². The molecule has 0 radical (unpaired) electrons. The van der Waals surface area contributed by atoms with Crippen molar-refractivity contribution in [3.8, 4) is 17.0 Å². The number of nitrogens with two attached hydrogens (primary N) is 2. The number of benzene rings is 2. The Hall–Kier alpha value is -4.73. The molecule has 2 aromatic heterocycles. The third-order valence-electron chi connectivity index (χ3n) is 4.73. The van der Waals surface area contributed by atoms with E-state index in [4.69, 9.17) is 21.0 Å². The molecular formula is C23H20N6O4. The Balaban J connectivity index is 1.51. The Bertz CT molecular complexity index is 1340. The third-order valence-corrected chi connectivity index (χ3v) is 4.73. The van der Waals surface area contributed by atoms with Gasteiger partial charge in [-0.05, 0) is 37.3 Å². The fourth-order valence-corrected chi connectivity index (χ4v) is 3.05. The molecule has 4 N–H and O–H groups in total. The predicted molar refractivity (Wildman–Crippen MR) is 120 cm³/mol. The van der Waals surface area contributed by atoms with E-state index in [-0.39, 0.29) is 18.0 Å². The fourth-order valence-electron chi connectivity index (χ4n) is 3.05. The lowest BCUT2D eigenvalue weighted by Gasteiger charge is -2.06. The van der Waals surface area contributed by atoms with E-state index in [1.165, 1.54) is 6.20 Å². The van der Waals surface area contributed by atoms with Gasteiger partial charge in [0.05, 0.1) is 11.9 Å². The van der Waals surface area contributed by atoms with Crippen molar-refractivity contribution in [2.45, 2.75) is 6.92 Å². The molecule has 10 nitrogen and oxygen atoms in total. The first-order chi connectivity index (χ1) is 15.9. The molecule has 2 aromatic carbocycles. The normalized spacial score (nSPS) is 11.4. The highest BCUT2D eigenvalue weighted by molar-refractivity contribution is 5.99. The molecule has 0 aliphatic rings. The van der Waals surface area contributed by atoms with Crippen LogP contribution < -0.4 is 16.2 Å². The zero-order valence-electron chi connectivity index (χ0n) is 17.6. The van der Waals surface area contributed by atoms with Crippen LogP contribution in [0.4, 0.5) is 0 Å². The van der Waals surface area contributed by atoms with E-state index in [1.807, 2.05) is 37.3 Å². The van der Waals surface area contributed by atoms with Crippen LogP contribution in [-0.4, -0.2) is 38.9 Å². The van der Waals surface area contributed by atoms with Gasteiger partial charge in [0.2, 0.25) is 0 Å². The number of aromatic nitrogens is 3. The Morgan fingerprint density at radius 2 is 1.76 bits per heavy atom. The fraction of sp³-hybridized carbons (Fsp3) is 0.0870. The van der Waals surface area contributed by atoms with E-state index in [0.717, 1.165) is 16.8 Å². The molecular weight excluding hydrogens is 424 g/mol. The van der Waals surface area contributed by atoms with Crippen molar-refractivity contribution >= 4 is 23.4 Å². The van der Waals surface area contributed by atoms with E-state index < -0.39 is 11.9 Å². The summed E-state index contributed by atoms with van der Waals surface area (Å²) in [5.74, 6) is -0.915. The number of aryl methyl sites for hydroxylation is 1. The van der Waals surface area contributed by atoms with Crippen LogP contribution in [0.2, 0.25) is 0 Å². The molecule has 10 heteroatoms. The van der Waals surface area contributed by atoms with Gasteiger partial charge in [-0.3, -0.25) is 4.79 Å². The first-order valence-electron chi connectivity index (χ1n) is 9.88. The minimum absolute atomic E-state index is 0.0189. The SMILES string of the molecule is Cc1ccc(-c2ccnc3c(C(=O)O/N=C(\N)c4ccc(OCC(N)=O)cc4)cnn23)cc1. The smallest absolute Gasteiger partial charge is 0.371 e. The van der Waals surface area contributed by atoms with Crippen LogP contribution in [0.15, 0.2) is 72.1 Å². The summed E-state index contributed by atoms with van der Waals surface area (Å²) in [6, 6.07) is 16.1. The quantitative estimate of drug-likeness (QED) is 0.192. The van der Waals surface area contributed by atoms with Gasteiger partial charge >= 0.3 is 5.97 Å². The maximum Gasteiger partial charge on any atom is 0.371 e. The summed E-state index contributed by atoms with van der Waals surface area (Å²) in [4.78, 5) is 32.7. The zero-order valence-corrected chi connectivity index (χ0v) is 17.6. The van der Waals surface area contributed by atoms with Gasteiger partial charge in [0.15, 0.2) is 18.1 Å². The molecule has 0 saturated carbocycles. The van der Waals surface area contributed by atoms with E-state index in [2.05, 4.69) is 15.2 Å². The lowest BCUT2D eigenvalue weighted by atomic mass is 10.1. The van der Waals surface area contributed by atoms with Crippen LogP contribution in [0.3, 0.4) is 0 Å². The number of hydrogen-bond donors (Lipinski definition) is 2. The molecule has 0 saturated heterocycles. The predicted octanol–water partition coefficient (Wildman–Crippen LogP) is 2.05. The van der Waals surface area contributed by atoms with E-state index in [9.17, 15) is 9.59 Å². The van der Waals surface area contributed by atoms with Crippen molar-refractivity contribution in [3.63, 3.8) is 0 Å². The number of rotatable bonds is 7. The second-order valence-electron chi connectivity index (χ2n) is 7.12. The zero-order chi connectivity index (χ0) is 23.4. The Labute approximate surface area is 188 Å². The molecule has 1 amide bonds. The maximum absolute atomic E-state index is 12.6. The lowest BCUT2D eigenvalue weighted by Crippen LogP contribution is -2.20. The van der Waals surface area contributed by atoms with Crippen molar-refractivity contribution < 1.29 is 19.2 Å². The van der Waals surface area contributed by atoms with Crippen molar-refractivity contribution in [2.24, 2.45) is 16.6 Å². The molecule has 0 bridgehead atoms. The van der Waals surface area contributed by atoms with Gasteiger partial charge < -0.3 is 21.0 Å². The molecule has 4 rings (SSSR count).